The topological polar surface area (TPSA) is 63.8 Å². The summed E-state index contributed by atoms with van der Waals surface area (Å²) in [5.41, 5.74) is 6.58. The van der Waals surface area contributed by atoms with E-state index in [-0.39, 0.29) is 11.9 Å². The third-order valence-corrected chi connectivity index (χ3v) is 3.72. The smallest absolute Gasteiger partial charge is 0.150 e. The van der Waals surface area contributed by atoms with Crippen molar-refractivity contribution in [1.29, 1.82) is 0 Å². The number of benzene rings is 1. The first-order valence-electron chi connectivity index (χ1n) is 5.46. The predicted octanol–water partition coefficient (Wildman–Crippen LogP) is 4.19. The Morgan fingerprint density at radius 2 is 1.89 bits per heavy atom. The maximum Gasteiger partial charge on any atom is 0.150 e. The van der Waals surface area contributed by atoms with Gasteiger partial charge in [0.2, 0.25) is 0 Å². The van der Waals surface area contributed by atoms with Crippen molar-refractivity contribution in [2.24, 2.45) is 0 Å². The number of hydrogen-bond donors (Lipinski definition) is 2. The maximum absolute atomic E-state index is 6.02. The molecule has 7 heteroatoms. The molecule has 0 aliphatic carbocycles. The minimum Gasteiger partial charge on any atom is -0.382 e. The fourth-order valence-corrected chi connectivity index (χ4v) is 2.01. The van der Waals surface area contributed by atoms with E-state index in [1.807, 2.05) is 13.0 Å². The van der Waals surface area contributed by atoms with E-state index in [9.17, 15) is 0 Å². The zero-order valence-electron chi connectivity index (χ0n) is 9.99. The highest BCUT2D eigenvalue weighted by Crippen LogP contribution is 2.29. The third-order valence-electron chi connectivity index (χ3n) is 2.61. The first kappa shape index (κ1) is 14.2. The van der Waals surface area contributed by atoms with Gasteiger partial charge in [-0.3, -0.25) is 0 Å². The average Bonchev–Trinajstić information content (AvgIpc) is 2.38. The molecule has 1 aromatic heterocycles. The van der Waals surface area contributed by atoms with Crippen molar-refractivity contribution in [1.82, 2.24) is 9.97 Å². The Morgan fingerprint density at radius 1 is 1.16 bits per heavy atom. The summed E-state index contributed by atoms with van der Waals surface area (Å²) in [6.07, 6.45) is 1.35. The van der Waals surface area contributed by atoms with Crippen molar-refractivity contribution in [3.8, 4) is 0 Å². The van der Waals surface area contributed by atoms with Crippen LogP contribution in [0.5, 0.6) is 0 Å². The number of nitrogens with one attached hydrogen (secondary N) is 1. The van der Waals surface area contributed by atoms with E-state index < -0.39 is 0 Å². The number of nitrogens with two attached hydrogens (primary N) is 1. The molecule has 0 spiro atoms. The molecular weight excluding hydrogens is 307 g/mol. The van der Waals surface area contributed by atoms with Crippen molar-refractivity contribution >= 4 is 46.4 Å². The lowest BCUT2D eigenvalue weighted by Gasteiger charge is -2.16. The van der Waals surface area contributed by atoms with Crippen LogP contribution in [0.1, 0.15) is 18.5 Å². The van der Waals surface area contributed by atoms with Crippen molar-refractivity contribution in [3.05, 3.63) is 45.2 Å². The van der Waals surface area contributed by atoms with Gasteiger partial charge in [-0.15, -0.1) is 0 Å². The quantitative estimate of drug-likeness (QED) is 0.891. The van der Waals surface area contributed by atoms with Gasteiger partial charge in [-0.2, -0.15) is 0 Å². The molecule has 1 unspecified atom stereocenters. The molecule has 1 heterocycles. The molecule has 0 aliphatic heterocycles. The van der Waals surface area contributed by atoms with Crippen LogP contribution in [0, 0.1) is 0 Å². The second-order valence-electron chi connectivity index (χ2n) is 3.96. The van der Waals surface area contributed by atoms with Gasteiger partial charge in [0, 0.05) is 0 Å². The lowest BCUT2D eigenvalue weighted by atomic mass is 10.1. The van der Waals surface area contributed by atoms with Gasteiger partial charge in [-0.05, 0) is 24.6 Å². The highest BCUT2D eigenvalue weighted by molar-refractivity contribution is 6.42. The number of nitrogens with zero attached hydrogens (tertiary/aromatic N) is 2. The fraction of sp³-hybridized carbons (Fsp3) is 0.167. The summed E-state index contributed by atoms with van der Waals surface area (Å²) < 4.78 is 0. The van der Waals surface area contributed by atoms with Gasteiger partial charge in [0.1, 0.15) is 17.2 Å². The third kappa shape index (κ3) is 3.21. The molecule has 2 rings (SSSR count). The summed E-state index contributed by atoms with van der Waals surface area (Å²) in [7, 11) is 0. The Morgan fingerprint density at radius 3 is 2.58 bits per heavy atom. The van der Waals surface area contributed by atoms with E-state index in [1.54, 1.807) is 12.1 Å². The Labute approximate surface area is 125 Å². The van der Waals surface area contributed by atoms with Crippen LogP contribution in [0.2, 0.25) is 15.1 Å². The van der Waals surface area contributed by atoms with Crippen molar-refractivity contribution in [2.45, 2.75) is 13.0 Å². The van der Waals surface area contributed by atoms with Crippen LogP contribution in [0.4, 0.5) is 11.6 Å². The van der Waals surface area contributed by atoms with Crippen LogP contribution >= 0.6 is 34.8 Å². The summed E-state index contributed by atoms with van der Waals surface area (Å²) in [5.74, 6) is 0.716. The van der Waals surface area contributed by atoms with Crippen molar-refractivity contribution in [3.63, 3.8) is 0 Å². The summed E-state index contributed by atoms with van der Waals surface area (Å²) in [6, 6.07) is 5.36. The van der Waals surface area contributed by atoms with Gasteiger partial charge >= 0.3 is 0 Å². The molecule has 19 heavy (non-hydrogen) atoms. The van der Waals surface area contributed by atoms with Crippen LogP contribution in [0.15, 0.2) is 24.5 Å². The molecule has 1 aromatic carbocycles. The Kier molecular flexibility index (Phi) is 4.34. The van der Waals surface area contributed by atoms with E-state index in [4.69, 9.17) is 40.5 Å². The summed E-state index contributed by atoms with van der Waals surface area (Å²) in [6.45, 7) is 1.95. The molecule has 0 fully saturated rings. The Bertz CT molecular complexity index is 604. The zero-order valence-corrected chi connectivity index (χ0v) is 12.3. The van der Waals surface area contributed by atoms with Gasteiger partial charge in [0.25, 0.3) is 0 Å². The first-order chi connectivity index (χ1) is 8.99. The highest BCUT2D eigenvalue weighted by Gasteiger charge is 2.12. The van der Waals surface area contributed by atoms with Gasteiger partial charge < -0.3 is 11.1 Å². The van der Waals surface area contributed by atoms with E-state index in [0.717, 1.165) is 5.56 Å². The number of hydrogen-bond acceptors (Lipinski definition) is 4. The van der Waals surface area contributed by atoms with E-state index in [0.29, 0.717) is 20.9 Å². The number of aromatic nitrogens is 2. The number of halogens is 3. The molecule has 0 radical (unpaired) electrons. The SMILES string of the molecule is CC(Nc1ncnc(N)c1Cl)c1ccc(Cl)c(Cl)c1. The van der Waals surface area contributed by atoms with Crippen LogP contribution < -0.4 is 11.1 Å². The lowest BCUT2D eigenvalue weighted by Crippen LogP contribution is -2.09. The molecule has 4 nitrogen and oxygen atoms in total. The molecule has 2 aromatic rings. The number of rotatable bonds is 3. The summed E-state index contributed by atoms with van der Waals surface area (Å²) >= 11 is 17.9. The van der Waals surface area contributed by atoms with Gasteiger partial charge in [0.15, 0.2) is 5.82 Å². The molecule has 0 saturated carbocycles. The highest BCUT2D eigenvalue weighted by atomic mass is 35.5. The van der Waals surface area contributed by atoms with E-state index in [1.165, 1.54) is 6.33 Å². The lowest BCUT2D eigenvalue weighted by molar-refractivity contribution is 0.872. The number of nitrogen functional groups attached to an aromatic ring is 1. The second kappa shape index (κ2) is 5.82. The molecule has 3 N–H and O–H groups in total. The Balaban J connectivity index is 2.23. The Hall–Kier alpha value is -1.23. The predicted molar refractivity (Wildman–Crippen MR) is 80.0 cm³/mol. The summed E-state index contributed by atoms with van der Waals surface area (Å²) in [5, 5.41) is 4.47. The first-order valence-corrected chi connectivity index (χ1v) is 6.60. The minimum absolute atomic E-state index is 0.0541. The largest absolute Gasteiger partial charge is 0.382 e. The van der Waals surface area contributed by atoms with E-state index in [2.05, 4.69) is 15.3 Å². The zero-order chi connectivity index (χ0) is 14.0. The van der Waals surface area contributed by atoms with Gasteiger partial charge in [0.05, 0.1) is 16.1 Å². The molecule has 0 amide bonds. The van der Waals surface area contributed by atoms with Crippen LogP contribution in [-0.4, -0.2) is 9.97 Å². The molecular formula is C12H11Cl3N4. The maximum atomic E-state index is 6.02. The molecule has 100 valence electrons. The minimum atomic E-state index is -0.0541. The van der Waals surface area contributed by atoms with Crippen molar-refractivity contribution in [2.75, 3.05) is 11.1 Å². The molecule has 0 aliphatic rings. The van der Waals surface area contributed by atoms with Gasteiger partial charge in [-0.1, -0.05) is 40.9 Å². The summed E-state index contributed by atoms with van der Waals surface area (Å²) in [4.78, 5) is 7.85. The number of anilines is 2. The molecule has 0 saturated heterocycles. The molecule has 1 atom stereocenters. The van der Waals surface area contributed by atoms with E-state index >= 15 is 0 Å². The van der Waals surface area contributed by atoms with Gasteiger partial charge in [-0.25, -0.2) is 9.97 Å². The van der Waals surface area contributed by atoms with Crippen LogP contribution in [0.25, 0.3) is 0 Å². The van der Waals surface area contributed by atoms with Crippen LogP contribution in [-0.2, 0) is 0 Å². The standard InChI is InChI=1S/C12H11Cl3N4/c1-6(7-2-3-8(13)9(14)4-7)19-12-10(15)11(16)17-5-18-12/h2-6H,1H3,(H3,16,17,18,19). The monoisotopic (exact) mass is 316 g/mol. The average molecular weight is 318 g/mol. The normalized spacial score (nSPS) is 12.2. The second-order valence-corrected chi connectivity index (χ2v) is 5.15. The molecule has 0 bridgehead atoms. The van der Waals surface area contributed by atoms with Crippen molar-refractivity contribution < 1.29 is 0 Å². The fourth-order valence-electron chi connectivity index (χ4n) is 1.55. The van der Waals surface area contributed by atoms with Crippen LogP contribution in [0.3, 0.4) is 0 Å².